The highest BCUT2D eigenvalue weighted by molar-refractivity contribution is 4.87. The standard InChI is InChI=1S/C10H21N3/c1-12-5-3-9(4-6-12)11-10-7-13(2)8-10/h9-11H,3-8H2,1-2H3. The van der Waals surface area contributed by atoms with Crippen molar-refractivity contribution in [2.24, 2.45) is 0 Å². The van der Waals surface area contributed by atoms with E-state index in [4.69, 9.17) is 0 Å². The van der Waals surface area contributed by atoms with Crippen molar-refractivity contribution < 1.29 is 0 Å². The van der Waals surface area contributed by atoms with Gasteiger partial charge in [-0.2, -0.15) is 0 Å². The fourth-order valence-corrected chi connectivity index (χ4v) is 2.31. The highest BCUT2D eigenvalue weighted by Gasteiger charge is 2.26. The first-order valence-electron chi connectivity index (χ1n) is 5.37. The Kier molecular flexibility index (Phi) is 2.86. The lowest BCUT2D eigenvalue weighted by Gasteiger charge is -2.41. The summed E-state index contributed by atoms with van der Waals surface area (Å²) in [5.74, 6) is 0. The monoisotopic (exact) mass is 183 g/mol. The molecule has 0 unspecified atom stereocenters. The number of likely N-dealkylation sites (tertiary alicyclic amines) is 2. The Hall–Kier alpha value is -0.120. The summed E-state index contributed by atoms with van der Waals surface area (Å²) < 4.78 is 0. The van der Waals surface area contributed by atoms with E-state index >= 15 is 0 Å². The van der Waals surface area contributed by atoms with Crippen LogP contribution in [0.1, 0.15) is 12.8 Å². The minimum Gasteiger partial charge on any atom is -0.309 e. The van der Waals surface area contributed by atoms with E-state index in [-0.39, 0.29) is 0 Å². The van der Waals surface area contributed by atoms with Crippen LogP contribution < -0.4 is 5.32 Å². The second-order valence-electron chi connectivity index (χ2n) is 4.66. The van der Waals surface area contributed by atoms with Gasteiger partial charge in [-0.3, -0.25) is 0 Å². The maximum absolute atomic E-state index is 3.74. The van der Waals surface area contributed by atoms with Crippen molar-refractivity contribution in [2.45, 2.75) is 24.9 Å². The van der Waals surface area contributed by atoms with E-state index in [0.29, 0.717) is 0 Å². The van der Waals surface area contributed by atoms with Gasteiger partial charge in [-0.05, 0) is 40.0 Å². The normalized spacial score (nSPS) is 29.1. The molecule has 13 heavy (non-hydrogen) atoms. The number of hydrogen-bond donors (Lipinski definition) is 1. The number of likely N-dealkylation sites (N-methyl/N-ethyl adjacent to an activating group) is 1. The van der Waals surface area contributed by atoms with Crippen LogP contribution >= 0.6 is 0 Å². The first kappa shape index (κ1) is 9.44. The van der Waals surface area contributed by atoms with Crippen molar-refractivity contribution in [1.82, 2.24) is 15.1 Å². The van der Waals surface area contributed by atoms with E-state index in [1.807, 2.05) is 0 Å². The lowest BCUT2D eigenvalue weighted by Crippen LogP contribution is -2.59. The van der Waals surface area contributed by atoms with Gasteiger partial charge in [0.2, 0.25) is 0 Å². The number of rotatable bonds is 2. The summed E-state index contributed by atoms with van der Waals surface area (Å²) >= 11 is 0. The van der Waals surface area contributed by atoms with Gasteiger partial charge in [0.1, 0.15) is 0 Å². The second kappa shape index (κ2) is 3.95. The molecule has 0 aromatic heterocycles. The summed E-state index contributed by atoms with van der Waals surface area (Å²) in [5, 5.41) is 3.74. The largest absolute Gasteiger partial charge is 0.309 e. The average molecular weight is 183 g/mol. The van der Waals surface area contributed by atoms with E-state index in [2.05, 4.69) is 29.2 Å². The predicted molar refractivity (Wildman–Crippen MR) is 54.9 cm³/mol. The second-order valence-corrected chi connectivity index (χ2v) is 4.66. The van der Waals surface area contributed by atoms with Crippen LogP contribution in [0, 0.1) is 0 Å². The molecule has 2 fully saturated rings. The number of piperidine rings is 1. The van der Waals surface area contributed by atoms with Crippen molar-refractivity contribution in [1.29, 1.82) is 0 Å². The molecule has 76 valence electrons. The van der Waals surface area contributed by atoms with Gasteiger partial charge in [-0.15, -0.1) is 0 Å². The zero-order valence-corrected chi connectivity index (χ0v) is 8.79. The molecule has 0 atom stereocenters. The average Bonchev–Trinajstić information content (AvgIpc) is 2.06. The molecule has 0 aromatic rings. The highest BCUT2D eigenvalue weighted by atomic mass is 15.2. The van der Waals surface area contributed by atoms with Gasteiger partial charge in [-0.1, -0.05) is 0 Å². The van der Waals surface area contributed by atoms with Crippen molar-refractivity contribution in [2.75, 3.05) is 40.3 Å². The van der Waals surface area contributed by atoms with Crippen LogP contribution in [-0.2, 0) is 0 Å². The molecular formula is C10H21N3. The first-order chi connectivity index (χ1) is 6.24. The molecular weight excluding hydrogens is 162 g/mol. The Labute approximate surface area is 81.1 Å². The van der Waals surface area contributed by atoms with Gasteiger partial charge in [0.05, 0.1) is 0 Å². The maximum atomic E-state index is 3.74. The zero-order valence-electron chi connectivity index (χ0n) is 8.79. The van der Waals surface area contributed by atoms with E-state index in [0.717, 1.165) is 12.1 Å². The molecule has 0 aromatic carbocycles. The number of nitrogens with zero attached hydrogens (tertiary/aromatic N) is 2. The molecule has 0 bridgehead atoms. The topological polar surface area (TPSA) is 18.5 Å². The van der Waals surface area contributed by atoms with Crippen LogP contribution in [0.3, 0.4) is 0 Å². The van der Waals surface area contributed by atoms with Crippen LogP contribution in [0.5, 0.6) is 0 Å². The Morgan fingerprint density at radius 2 is 1.54 bits per heavy atom. The van der Waals surface area contributed by atoms with Crippen LogP contribution in [-0.4, -0.2) is 62.2 Å². The molecule has 2 aliphatic rings. The lowest BCUT2D eigenvalue weighted by molar-refractivity contribution is 0.132. The molecule has 2 rings (SSSR count). The third-order valence-corrected chi connectivity index (χ3v) is 3.25. The lowest BCUT2D eigenvalue weighted by atomic mass is 10.0. The third-order valence-electron chi connectivity index (χ3n) is 3.25. The summed E-state index contributed by atoms with van der Waals surface area (Å²) in [5.41, 5.74) is 0. The predicted octanol–water partition coefficient (Wildman–Crippen LogP) is -0.0158. The van der Waals surface area contributed by atoms with Gasteiger partial charge >= 0.3 is 0 Å². The quantitative estimate of drug-likeness (QED) is 0.649. The zero-order chi connectivity index (χ0) is 9.26. The Bertz CT molecular complexity index is 158. The SMILES string of the molecule is CN1CCC(NC2CN(C)C2)CC1. The smallest absolute Gasteiger partial charge is 0.0324 e. The fraction of sp³-hybridized carbons (Fsp3) is 1.00. The number of hydrogen-bond acceptors (Lipinski definition) is 3. The van der Waals surface area contributed by atoms with Crippen LogP contribution in [0.25, 0.3) is 0 Å². The summed E-state index contributed by atoms with van der Waals surface area (Å²) in [6.07, 6.45) is 2.66. The van der Waals surface area contributed by atoms with Crippen LogP contribution in [0.2, 0.25) is 0 Å². The summed E-state index contributed by atoms with van der Waals surface area (Å²) in [4.78, 5) is 4.79. The van der Waals surface area contributed by atoms with E-state index in [9.17, 15) is 0 Å². The first-order valence-corrected chi connectivity index (χ1v) is 5.37. The molecule has 0 aliphatic carbocycles. The molecule has 3 nitrogen and oxygen atoms in total. The molecule has 0 radical (unpaired) electrons. The third kappa shape index (κ3) is 2.42. The van der Waals surface area contributed by atoms with Crippen LogP contribution in [0.15, 0.2) is 0 Å². The van der Waals surface area contributed by atoms with Crippen molar-refractivity contribution in [3.8, 4) is 0 Å². The summed E-state index contributed by atoms with van der Waals surface area (Å²) in [6, 6.07) is 1.56. The van der Waals surface area contributed by atoms with Crippen molar-refractivity contribution >= 4 is 0 Å². The van der Waals surface area contributed by atoms with Gasteiger partial charge in [-0.25, -0.2) is 0 Å². The number of nitrogens with one attached hydrogen (secondary N) is 1. The molecule has 3 heteroatoms. The van der Waals surface area contributed by atoms with Crippen molar-refractivity contribution in [3.63, 3.8) is 0 Å². The molecule has 0 spiro atoms. The fourth-order valence-electron chi connectivity index (χ4n) is 2.31. The molecule has 0 amide bonds. The van der Waals surface area contributed by atoms with Gasteiger partial charge in [0.25, 0.3) is 0 Å². The highest BCUT2D eigenvalue weighted by Crippen LogP contribution is 2.12. The summed E-state index contributed by atoms with van der Waals surface area (Å²) in [6.45, 7) is 5.01. The van der Waals surface area contributed by atoms with Gasteiger partial charge < -0.3 is 15.1 Å². The van der Waals surface area contributed by atoms with E-state index in [1.54, 1.807) is 0 Å². The van der Waals surface area contributed by atoms with E-state index < -0.39 is 0 Å². The van der Waals surface area contributed by atoms with Gasteiger partial charge in [0.15, 0.2) is 0 Å². The maximum Gasteiger partial charge on any atom is 0.0324 e. The Balaban J connectivity index is 1.65. The molecule has 2 heterocycles. The summed E-state index contributed by atoms with van der Waals surface area (Å²) in [7, 11) is 4.40. The Morgan fingerprint density at radius 3 is 2.08 bits per heavy atom. The Morgan fingerprint density at radius 1 is 0.923 bits per heavy atom. The van der Waals surface area contributed by atoms with Crippen LogP contribution in [0.4, 0.5) is 0 Å². The molecule has 2 saturated heterocycles. The van der Waals surface area contributed by atoms with E-state index in [1.165, 1.54) is 39.0 Å². The van der Waals surface area contributed by atoms with Gasteiger partial charge in [0, 0.05) is 25.2 Å². The molecule has 1 N–H and O–H groups in total. The minimum atomic E-state index is 0.776. The molecule has 0 saturated carbocycles. The minimum absolute atomic E-state index is 0.776. The molecule has 2 aliphatic heterocycles. The van der Waals surface area contributed by atoms with Crippen molar-refractivity contribution in [3.05, 3.63) is 0 Å².